The first kappa shape index (κ1) is 18.9. The summed E-state index contributed by atoms with van der Waals surface area (Å²) in [5.41, 5.74) is 0.970. The van der Waals surface area contributed by atoms with E-state index in [-0.39, 0.29) is 18.2 Å². The van der Waals surface area contributed by atoms with Gasteiger partial charge >= 0.3 is 0 Å². The molecule has 0 bridgehead atoms. The van der Waals surface area contributed by atoms with Gasteiger partial charge in [0, 0.05) is 11.0 Å². The number of hydrogen-bond donors (Lipinski definition) is 2. The maximum Gasteiger partial charge on any atom is 0.287 e. The third kappa shape index (κ3) is 5.25. The van der Waals surface area contributed by atoms with Crippen molar-refractivity contribution in [1.82, 2.24) is 10.6 Å². The van der Waals surface area contributed by atoms with Gasteiger partial charge in [0.05, 0.1) is 27.0 Å². The zero-order valence-electron chi connectivity index (χ0n) is 13.9. The van der Waals surface area contributed by atoms with Gasteiger partial charge in [0.15, 0.2) is 17.3 Å². The molecule has 0 radical (unpaired) electrons. The zero-order chi connectivity index (χ0) is 18.2. The lowest BCUT2D eigenvalue weighted by atomic mass is 10.1. The number of furan rings is 1. The fraction of sp³-hybridized carbons (Fsp3) is 0.294. The van der Waals surface area contributed by atoms with Crippen molar-refractivity contribution in [2.45, 2.75) is 6.42 Å². The number of carbonyl (C=O) groups is 2. The number of ether oxygens (including phenoxy) is 2. The highest BCUT2D eigenvalue weighted by Crippen LogP contribution is 2.33. The molecule has 1 aromatic heterocycles. The van der Waals surface area contributed by atoms with Crippen LogP contribution in [-0.4, -0.2) is 39.1 Å². The van der Waals surface area contributed by atoms with Gasteiger partial charge in [-0.25, -0.2) is 0 Å². The van der Waals surface area contributed by atoms with Crippen LogP contribution in [-0.2, 0) is 11.2 Å². The van der Waals surface area contributed by atoms with E-state index in [9.17, 15) is 9.59 Å². The van der Waals surface area contributed by atoms with Gasteiger partial charge in [-0.05, 0) is 36.2 Å². The molecular formula is C17H19BrN2O5. The van der Waals surface area contributed by atoms with Gasteiger partial charge in [-0.15, -0.1) is 0 Å². The van der Waals surface area contributed by atoms with E-state index in [0.717, 1.165) is 10.0 Å². The van der Waals surface area contributed by atoms with Crippen molar-refractivity contribution in [3.63, 3.8) is 0 Å². The van der Waals surface area contributed by atoms with E-state index in [0.29, 0.717) is 24.5 Å². The molecule has 0 spiro atoms. The summed E-state index contributed by atoms with van der Waals surface area (Å²) in [6, 6.07) is 6.81. The van der Waals surface area contributed by atoms with E-state index >= 15 is 0 Å². The highest BCUT2D eigenvalue weighted by molar-refractivity contribution is 9.10. The Morgan fingerprint density at radius 1 is 1.16 bits per heavy atom. The first-order chi connectivity index (χ1) is 12.0. The average molecular weight is 411 g/mol. The number of amides is 2. The Morgan fingerprint density at radius 2 is 1.88 bits per heavy atom. The Labute approximate surface area is 153 Å². The molecule has 0 aliphatic heterocycles. The van der Waals surface area contributed by atoms with Crippen molar-refractivity contribution in [2.75, 3.05) is 27.3 Å². The lowest BCUT2D eigenvalue weighted by Gasteiger charge is -2.12. The van der Waals surface area contributed by atoms with Gasteiger partial charge in [0.25, 0.3) is 5.91 Å². The molecule has 0 saturated carbocycles. The molecule has 0 saturated heterocycles. The Balaban J connectivity index is 1.80. The molecule has 8 heteroatoms. The Hall–Kier alpha value is -2.48. The molecule has 7 nitrogen and oxygen atoms in total. The summed E-state index contributed by atoms with van der Waals surface area (Å²) in [5, 5.41) is 5.24. The summed E-state index contributed by atoms with van der Waals surface area (Å²) < 4.78 is 16.3. The van der Waals surface area contributed by atoms with Gasteiger partial charge < -0.3 is 24.5 Å². The maximum atomic E-state index is 11.8. The van der Waals surface area contributed by atoms with Gasteiger partial charge in [-0.2, -0.15) is 0 Å². The smallest absolute Gasteiger partial charge is 0.287 e. The topological polar surface area (TPSA) is 89.8 Å². The van der Waals surface area contributed by atoms with Crippen molar-refractivity contribution in [3.8, 4) is 11.5 Å². The third-order valence-corrected chi connectivity index (χ3v) is 4.16. The summed E-state index contributed by atoms with van der Waals surface area (Å²) in [7, 11) is 3.14. The van der Waals surface area contributed by atoms with Crippen LogP contribution in [0.1, 0.15) is 16.1 Å². The molecule has 25 heavy (non-hydrogen) atoms. The number of nitrogens with one attached hydrogen (secondary N) is 2. The minimum absolute atomic E-state index is 0.118. The maximum absolute atomic E-state index is 11.8. The van der Waals surface area contributed by atoms with Crippen molar-refractivity contribution < 1.29 is 23.5 Å². The fourth-order valence-electron chi connectivity index (χ4n) is 2.14. The van der Waals surface area contributed by atoms with Crippen LogP contribution in [0.25, 0.3) is 0 Å². The SMILES string of the molecule is COc1cc(Br)c(CCNC(=O)CNC(=O)c2ccco2)cc1OC. The molecule has 0 atom stereocenters. The second kappa shape index (κ2) is 9.12. The molecule has 0 aliphatic rings. The molecular weight excluding hydrogens is 392 g/mol. The number of hydrogen-bond acceptors (Lipinski definition) is 5. The van der Waals surface area contributed by atoms with E-state index in [1.807, 2.05) is 12.1 Å². The Kier molecular flexibility index (Phi) is 6.88. The third-order valence-electron chi connectivity index (χ3n) is 3.42. The summed E-state index contributed by atoms with van der Waals surface area (Å²) in [6.45, 7) is 0.302. The fourth-order valence-corrected chi connectivity index (χ4v) is 2.66. The second-order valence-electron chi connectivity index (χ2n) is 5.06. The number of rotatable bonds is 8. The van der Waals surface area contributed by atoms with Gasteiger partial charge in [-0.3, -0.25) is 9.59 Å². The van der Waals surface area contributed by atoms with E-state index in [4.69, 9.17) is 13.9 Å². The molecule has 134 valence electrons. The van der Waals surface area contributed by atoms with Crippen LogP contribution in [0.3, 0.4) is 0 Å². The number of benzene rings is 1. The van der Waals surface area contributed by atoms with E-state index in [2.05, 4.69) is 26.6 Å². The molecule has 0 fully saturated rings. The molecule has 2 aromatic rings. The van der Waals surface area contributed by atoms with Crippen LogP contribution in [0.15, 0.2) is 39.4 Å². The Bertz CT molecular complexity index is 731. The lowest BCUT2D eigenvalue weighted by Crippen LogP contribution is -2.37. The first-order valence-electron chi connectivity index (χ1n) is 7.54. The molecule has 2 N–H and O–H groups in total. The van der Waals surface area contributed by atoms with E-state index < -0.39 is 5.91 Å². The van der Waals surface area contributed by atoms with Crippen LogP contribution in [0.4, 0.5) is 0 Å². The summed E-state index contributed by atoms with van der Waals surface area (Å²) in [4.78, 5) is 23.5. The molecule has 1 heterocycles. The number of methoxy groups -OCH3 is 2. The Morgan fingerprint density at radius 3 is 2.52 bits per heavy atom. The normalized spacial score (nSPS) is 10.2. The van der Waals surface area contributed by atoms with Crippen molar-refractivity contribution in [1.29, 1.82) is 0 Å². The van der Waals surface area contributed by atoms with E-state index in [1.165, 1.54) is 12.3 Å². The predicted octanol–water partition coefficient (Wildman–Crippen LogP) is 2.15. The van der Waals surface area contributed by atoms with Gasteiger partial charge in [0.2, 0.25) is 5.91 Å². The largest absolute Gasteiger partial charge is 0.493 e. The zero-order valence-corrected chi connectivity index (χ0v) is 15.5. The van der Waals surface area contributed by atoms with Crippen LogP contribution in [0.2, 0.25) is 0 Å². The molecule has 0 aliphatic carbocycles. The number of carbonyl (C=O) groups excluding carboxylic acids is 2. The minimum atomic E-state index is -0.428. The van der Waals surface area contributed by atoms with Crippen LogP contribution < -0.4 is 20.1 Å². The molecule has 1 aromatic carbocycles. The van der Waals surface area contributed by atoms with Gasteiger partial charge in [0.1, 0.15) is 0 Å². The van der Waals surface area contributed by atoms with Crippen LogP contribution in [0.5, 0.6) is 11.5 Å². The highest BCUT2D eigenvalue weighted by atomic mass is 79.9. The van der Waals surface area contributed by atoms with Gasteiger partial charge in [-0.1, -0.05) is 15.9 Å². The van der Waals surface area contributed by atoms with E-state index in [1.54, 1.807) is 20.3 Å². The van der Waals surface area contributed by atoms with Crippen molar-refractivity contribution in [2.24, 2.45) is 0 Å². The lowest BCUT2D eigenvalue weighted by molar-refractivity contribution is -0.120. The average Bonchev–Trinajstić information content (AvgIpc) is 3.15. The van der Waals surface area contributed by atoms with Crippen molar-refractivity contribution >= 4 is 27.7 Å². The molecule has 0 unspecified atom stereocenters. The number of halogens is 1. The first-order valence-corrected chi connectivity index (χ1v) is 8.33. The standard InChI is InChI=1S/C17H19BrN2O5/c1-23-14-8-11(12(18)9-15(14)24-2)5-6-19-16(21)10-20-17(22)13-4-3-7-25-13/h3-4,7-9H,5-6,10H2,1-2H3,(H,19,21)(H,20,22). The highest BCUT2D eigenvalue weighted by Gasteiger charge is 2.11. The van der Waals surface area contributed by atoms with Crippen LogP contribution >= 0.6 is 15.9 Å². The molecule has 2 amide bonds. The predicted molar refractivity (Wildman–Crippen MR) is 95.0 cm³/mol. The minimum Gasteiger partial charge on any atom is -0.493 e. The summed E-state index contributed by atoms with van der Waals surface area (Å²) in [5.74, 6) is 0.710. The summed E-state index contributed by atoms with van der Waals surface area (Å²) >= 11 is 3.47. The second-order valence-corrected chi connectivity index (χ2v) is 5.91. The van der Waals surface area contributed by atoms with Crippen molar-refractivity contribution in [3.05, 3.63) is 46.3 Å². The summed E-state index contributed by atoms with van der Waals surface area (Å²) in [6.07, 6.45) is 1.99. The quantitative estimate of drug-likeness (QED) is 0.695. The van der Waals surface area contributed by atoms with Crippen LogP contribution in [0, 0.1) is 0 Å². The monoisotopic (exact) mass is 410 g/mol. The molecule has 2 rings (SSSR count).